The lowest BCUT2D eigenvalue weighted by atomic mass is 10.9. The van der Waals surface area contributed by atoms with Crippen LogP contribution in [0.4, 0.5) is 4.39 Å². The molecule has 0 radical (unpaired) electrons. The number of nitrogens with zero attached hydrogens (tertiary/aromatic N) is 2. The van der Waals surface area contributed by atoms with Gasteiger partial charge in [0.1, 0.15) is 6.20 Å². The maximum Gasteiger partial charge on any atom is 0.229 e. The van der Waals surface area contributed by atoms with Crippen LogP contribution >= 0.6 is 0 Å². The van der Waals surface area contributed by atoms with Crippen LogP contribution in [0.1, 0.15) is 0 Å². The third-order valence-corrected chi connectivity index (χ3v) is 0.386. The van der Waals surface area contributed by atoms with E-state index in [0.29, 0.717) is 0 Å². The highest BCUT2D eigenvalue weighted by atomic mass is 19.1. The van der Waals surface area contributed by atoms with Gasteiger partial charge in [0.2, 0.25) is 5.95 Å². The molecule has 0 fully saturated rings. The molecule has 0 aliphatic rings. The molecule has 1 aromatic heterocycles. The second kappa shape index (κ2) is 1.04. The number of hydrogen-bond donors (Lipinski definition) is 1. The predicted octanol–water partition coefficient (Wildman–Crippen LogP) is -0.0562. The van der Waals surface area contributed by atoms with Crippen molar-refractivity contribution in [3.8, 4) is 0 Å². The number of aromatic amines is 1. The van der Waals surface area contributed by atoms with Crippen LogP contribution in [0, 0.1) is 5.95 Å². The molecule has 0 aromatic carbocycles. The zero-order valence-electron chi connectivity index (χ0n) is 2.85. The molecule has 4 heteroatoms. The van der Waals surface area contributed by atoms with Crippen LogP contribution in [0.15, 0.2) is 6.20 Å². The Morgan fingerprint density at radius 1 is 1.83 bits per heavy atom. The molecule has 6 heavy (non-hydrogen) atoms. The first kappa shape index (κ1) is 3.27. The molecule has 0 atom stereocenters. The largest absolute Gasteiger partial charge is 0.233 e. The monoisotopic (exact) mass is 87.0 g/mol. The summed E-state index contributed by atoms with van der Waals surface area (Å²) in [6.07, 6.45) is 1.00. The van der Waals surface area contributed by atoms with E-state index in [-0.39, 0.29) is 0 Å². The molecule has 0 saturated carbocycles. The van der Waals surface area contributed by atoms with Crippen LogP contribution in [0.5, 0.6) is 0 Å². The summed E-state index contributed by atoms with van der Waals surface area (Å²) in [4.78, 5) is 0. The fourth-order valence-corrected chi connectivity index (χ4v) is 0.185. The highest BCUT2D eigenvalue weighted by Crippen LogP contribution is 1.77. The molecule has 32 valence electrons. The van der Waals surface area contributed by atoms with Gasteiger partial charge in [-0.05, 0) is 0 Å². The summed E-state index contributed by atoms with van der Waals surface area (Å²) in [5, 5.41) is 8.19. The molecule has 0 amide bonds. The van der Waals surface area contributed by atoms with E-state index in [2.05, 4.69) is 10.3 Å². The van der Waals surface area contributed by atoms with E-state index < -0.39 is 5.95 Å². The number of nitrogens with one attached hydrogen (secondary N) is 1. The molecule has 0 saturated heterocycles. The van der Waals surface area contributed by atoms with Gasteiger partial charge in [-0.25, -0.2) is 5.10 Å². The van der Waals surface area contributed by atoms with Gasteiger partial charge in [-0.3, -0.25) is 0 Å². The quantitative estimate of drug-likeness (QED) is 0.481. The van der Waals surface area contributed by atoms with Crippen molar-refractivity contribution in [1.82, 2.24) is 15.4 Å². The van der Waals surface area contributed by atoms with Crippen molar-refractivity contribution in [3.05, 3.63) is 12.1 Å². The van der Waals surface area contributed by atoms with Gasteiger partial charge in [0.05, 0.1) is 0 Å². The Kier molecular flexibility index (Phi) is 0.567. The molecule has 1 rings (SSSR count). The van der Waals surface area contributed by atoms with Crippen LogP contribution in [0.2, 0.25) is 0 Å². The highest BCUT2D eigenvalue weighted by molar-refractivity contribution is 4.63. The minimum absolute atomic E-state index is 0.505. The van der Waals surface area contributed by atoms with E-state index in [1.807, 2.05) is 5.10 Å². The summed E-state index contributed by atoms with van der Waals surface area (Å²) in [5.41, 5.74) is 0. The van der Waals surface area contributed by atoms with Crippen LogP contribution in [0.3, 0.4) is 0 Å². The molecule has 1 aromatic rings. The Morgan fingerprint density at radius 2 is 2.67 bits per heavy atom. The molecule has 0 unspecified atom stereocenters. The highest BCUT2D eigenvalue weighted by Gasteiger charge is 1.81. The van der Waals surface area contributed by atoms with Gasteiger partial charge in [-0.15, -0.1) is 5.10 Å². The van der Waals surface area contributed by atoms with Crippen LogP contribution in [-0.2, 0) is 0 Å². The minimum atomic E-state index is -0.505. The standard InChI is InChI=1S/C2H2FN3/c3-2-1-4-6-5-2/h1H,(H,4,5,6). The van der Waals surface area contributed by atoms with Gasteiger partial charge >= 0.3 is 0 Å². The lowest BCUT2D eigenvalue weighted by molar-refractivity contribution is 0.579. The van der Waals surface area contributed by atoms with Gasteiger partial charge in [0.15, 0.2) is 0 Å². The number of halogens is 1. The first-order chi connectivity index (χ1) is 2.89. The predicted molar refractivity (Wildman–Crippen MR) is 16.3 cm³/mol. The maximum atomic E-state index is 11.5. The molecule has 0 bridgehead atoms. The molecular formula is C2H2FN3. The molecule has 1 N–H and O–H groups in total. The van der Waals surface area contributed by atoms with Crippen molar-refractivity contribution >= 4 is 0 Å². The molecule has 3 nitrogen and oxygen atoms in total. The van der Waals surface area contributed by atoms with Gasteiger partial charge in [-0.1, -0.05) is 5.21 Å². The van der Waals surface area contributed by atoms with E-state index >= 15 is 0 Å². The summed E-state index contributed by atoms with van der Waals surface area (Å²) in [7, 11) is 0. The van der Waals surface area contributed by atoms with Crippen LogP contribution in [-0.4, -0.2) is 15.4 Å². The number of hydrogen-bond acceptors (Lipinski definition) is 2. The van der Waals surface area contributed by atoms with Crippen molar-refractivity contribution in [2.75, 3.05) is 0 Å². The Hall–Kier alpha value is -0.930. The van der Waals surface area contributed by atoms with E-state index in [4.69, 9.17) is 0 Å². The average Bonchev–Trinajstić information content (AvgIpc) is 1.86. The summed E-state index contributed by atoms with van der Waals surface area (Å²) < 4.78 is 11.5. The second-order valence-electron chi connectivity index (χ2n) is 0.804. The Bertz CT molecular complexity index is 112. The summed E-state index contributed by atoms with van der Waals surface area (Å²) in [6, 6.07) is 0. The smallest absolute Gasteiger partial charge is 0.229 e. The summed E-state index contributed by atoms with van der Waals surface area (Å²) in [6.45, 7) is 0. The molecule has 0 spiro atoms. The van der Waals surface area contributed by atoms with Crippen molar-refractivity contribution in [2.45, 2.75) is 0 Å². The summed E-state index contributed by atoms with van der Waals surface area (Å²) >= 11 is 0. The van der Waals surface area contributed by atoms with Crippen molar-refractivity contribution in [2.24, 2.45) is 0 Å². The molecular weight excluding hydrogens is 85.0 g/mol. The fraction of sp³-hybridized carbons (Fsp3) is 0. The zero-order valence-corrected chi connectivity index (χ0v) is 2.85. The second-order valence-corrected chi connectivity index (χ2v) is 0.804. The van der Waals surface area contributed by atoms with Gasteiger partial charge < -0.3 is 0 Å². The van der Waals surface area contributed by atoms with E-state index in [1.165, 1.54) is 0 Å². The van der Waals surface area contributed by atoms with Crippen LogP contribution < -0.4 is 0 Å². The lowest BCUT2D eigenvalue weighted by Gasteiger charge is -1.59. The molecule has 1 heterocycles. The normalized spacial score (nSPS) is 8.83. The van der Waals surface area contributed by atoms with Crippen molar-refractivity contribution in [3.63, 3.8) is 0 Å². The number of rotatable bonds is 0. The Balaban J connectivity index is 3.05. The number of aromatic nitrogens is 3. The van der Waals surface area contributed by atoms with E-state index in [9.17, 15) is 4.39 Å². The molecule has 0 aliphatic carbocycles. The summed E-state index contributed by atoms with van der Waals surface area (Å²) in [5.74, 6) is -0.505. The number of H-pyrrole nitrogens is 1. The first-order valence-electron chi connectivity index (χ1n) is 1.41. The fourth-order valence-electron chi connectivity index (χ4n) is 0.185. The van der Waals surface area contributed by atoms with E-state index in [1.54, 1.807) is 0 Å². The maximum absolute atomic E-state index is 11.5. The van der Waals surface area contributed by atoms with E-state index in [0.717, 1.165) is 6.20 Å². The lowest BCUT2D eigenvalue weighted by Crippen LogP contribution is -1.67. The third kappa shape index (κ3) is 0.357. The van der Waals surface area contributed by atoms with Gasteiger partial charge in [0, 0.05) is 0 Å². The molecule has 0 aliphatic heterocycles. The minimum Gasteiger partial charge on any atom is -0.233 e. The first-order valence-corrected chi connectivity index (χ1v) is 1.41. The average molecular weight is 87.1 g/mol. The SMILES string of the molecule is Fc1cnn[nH]1. The topological polar surface area (TPSA) is 41.6 Å². The Morgan fingerprint density at radius 3 is 2.83 bits per heavy atom. The van der Waals surface area contributed by atoms with Crippen LogP contribution in [0.25, 0.3) is 0 Å². The van der Waals surface area contributed by atoms with Crippen molar-refractivity contribution < 1.29 is 4.39 Å². The van der Waals surface area contributed by atoms with Gasteiger partial charge in [-0.2, -0.15) is 4.39 Å². The van der Waals surface area contributed by atoms with Gasteiger partial charge in [0.25, 0.3) is 0 Å². The Labute approximate surface area is 33.2 Å². The third-order valence-electron chi connectivity index (χ3n) is 0.386. The zero-order chi connectivity index (χ0) is 4.41. The van der Waals surface area contributed by atoms with Crippen molar-refractivity contribution in [1.29, 1.82) is 0 Å².